The van der Waals surface area contributed by atoms with Crippen LogP contribution >= 0.6 is 0 Å². The Morgan fingerprint density at radius 1 is 1.15 bits per heavy atom. The van der Waals surface area contributed by atoms with Gasteiger partial charge in [-0.3, -0.25) is 0 Å². The molecule has 174 valence electrons. The van der Waals surface area contributed by atoms with E-state index in [2.05, 4.69) is 10.4 Å². The summed E-state index contributed by atoms with van der Waals surface area (Å²) in [5.74, 6) is -1.23. The van der Waals surface area contributed by atoms with E-state index in [1.54, 1.807) is 30.3 Å². The minimum absolute atomic E-state index is 0.111. The van der Waals surface area contributed by atoms with E-state index < -0.39 is 35.5 Å². The molecule has 0 saturated heterocycles. The van der Waals surface area contributed by atoms with Crippen LogP contribution in [0.5, 0.6) is 0 Å². The van der Waals surface area contributed by atoms with Gasteiger partial charge in [0.15, 0.2) is 0 Å². The zero-order chi connectivity index (χ0) is 23.8. The number of halogens is 4. The number of rotatable bonds is 6. The lowest BCUT2D eigenvalue weighted by atomic mass is 10.0. The van der Waals surface area contributed by atoms with Crippen LogP contribution in [0.25, 0.3) is 22.1 Å². The van der Waals surface area contributed by atoms with Crippen molar-refractivity contribution in [3.8, 4) is 11.1 Å². The Kier molecular flexibility index (Phi) is 5.95. The third kappa shape index (κ3) is 4.47. The van der Waals surface area contributed by atoms with Gasteiger partial charge in [-0.1, -0.05) is 36.4 Å². The van der Waals surface area contributed by atoms with E-state index >= 15 is 0 Å². The number of hydroxylamine groups is 1. The van der Waals surface area contributed by atoms with E-state index in [0.29, 0.717) is 22.1 Å². The Morgan fingerprint density at radius 2 is 1.88 bits per heavy atom. The van der Waals surface area contributed by atoms with Crippen molar-refractivity contribution in [2.24, 2.45) is 4.99 Å². The standard InChI is InChI=1S/C22H19F4N3O4/c1-2-21(31,22(24,25)26)20-27-12-29(33-20)28-11-13-3-8-16-17(10-19(30)32-18(16)9-13)14-4-6-15(23)7-5-14/h3-10,28,31H,2,11-12H2,1H3. The number of aliphatic hydroxyl groups is 1. The summed E-state index contributed by atoms with van der Waals surface area (Å²) in [5.41, 5.74) is 1.15. The molecule has 0 radical (unpaired) electrons. The summed E-state index contributed by atoms with van der Waals surface area (Å²) >= 11 is 0. The highest BCUT2D eigenvalue weighted by Gasteiger charge is 2.59. The molecule has 0 amide bonds. The monoisotopic (exact) mass is 465 g/mol. The number of benzene rings is 2. The van der Waals surface area contributed by atoms with Crippen molar-refractivity contribution in [1.29, 1.82) is 0 Å². The first-order valence-electron chi connectivity index (χ1n) is 9.96. The van der Waals surface area contributed by atoms with Gasteiger partial charge >= 0.3 is 11.8 Å². The maximum Gasteiger partial charge on any atom is 0.426 e. The molecule has 33 heavy (non-hydrogen) atoms. The largest absolute Gasteiger partial charge is 0.426 e. The molecule has 1 aliphatic heterocycles. The first kappa shape index (κ1) is 22.9. The maximum absolute atomic E-state index is 13.3. The maximum atomic E-state index is 13.3. The lowest BCUT2D eigenvalue weighted by Crippen LogP contribution is -2.53. The highest BCUT2D eigenvalue weighted by atomic mass is 19.4. The van der Waals surface area contributed by atoms with Crippen molar-refractivity contribution in [1.82, 2.24) is 10.6 Å². The van der Waals surface area contributed by atoms with Crippen LogP contribution in [0.4, 0.5) is 17.6 Å². The Bertz CT molecular complexity index is 1260. The molecule has 2 aromatic carbocycles. The number of nitrogens with one attached hydrogen (secondary N) is 1. The van der Waals surface area contributed by atoms with Crippen LogP contribution in [0.15, 0.2) is 62.7 Å². The highest BCUT2D eigenvalue weighted by Crippen LogP contribution is 2.36. The van der Waals surface area contributed by atoms with Crippen molar-refractivity contribution in [2.45, 2.75) is 31.7 Å². The lowest BCUT2D eigenvalue weighted by Gasteiger charge is -2.28. The van der Waals surface area contributed by atoms with Crippen molar-refractivity contribution < 1.29 is 31.9 Å². The van der Waals surface area contributed by atoms with Crippen LogP contribution in [-0.4, -0.2) is 34.6 Å². The Labute approximate surface area is 184 Å². The van der Waals surface area contributed by atoms with E-state index in [9.17, 15) is 27.5 Å². The number of alkyl halides is 3. The van der Waals surface area contributed by atoms with Crippen LogP contribution in [-0.2, 0) is 11.4 Å². The molecule has 1 unspecified atom stereocenters. The molecule has 4 rings (SSSR count). The molecule has 2 N–H and O–H groups in total. The van der Waals surface area contributed by atoms with Crippen molar-refractivity contribution in [2.75, 3.05) is 6.67 Å². The second-order valence-electron chi connectivity index (χ2n) is 7.44. The minimum Gasteiger partial charge on any atom is -0.423 e. The first-order chi connectivity index (χ1) is 15.6. The van der Waals surface area contributed by atoms with Gasteiger partial charge in [0.25, 0.3) is 5.90 Å². The van der Waals surface area contributed by atoms with Gasteiger partial charge in [-0.15, -0.1) is 0 Å². The predicted molar refractivity (Wildman–Crippen MR) is 111 cm³/mol. The van der Waals surface area contributed by atoms with Crippen molar-refractivity contribution >= 4 is 16.9 Å². The zero-order valence-corrected chi connectivity index (χ0v) is 17.3. The van der Waals surface area contributed by atoms with Gasteiger partial charge in [-0.2, -0.15) is 13.2 Å². The van der Waals surface area contributed by atoms with Gasteiger partial charge in [0.05, 0.1) is 0 Å². The van der Waals surface area contributed by atoms with Gasteiger partial charge in [-0.05, 0) is 41.3 Å². The zero-order valence-electron chi connectivity index (χ0n) is 17.3. The molecule has 3 aromatic rings. The quantitative estimate of drug-likeness (QED) is 0.424. The molecule has 0 spiro atoms. The summed E-state index contributed by atoms with van der Waals surface area (Å²) < 4.78 is 58.1. The van der Waals surface area contributed by atoms with Crippen LogP contribution in [0.1, 0.15) is 18.9 Å². The van der Waals surface area contributed by atoms with Crippen LogP contribution < -0.4 is 11.1 Å². The first-order valence-corrected chi connectivity index (χ1v) is 9.96. The van der Waals surface area contributed by atoms with E-state index in [0.717, 1.165) is 5.17 Å². The van der Waals surface area contributed by atoms with Crippen molar-refractivity contribution in [3.63, 3.8) is 0 Å². The number of hydrogen-bond donors (Lipinski definition) is 2. The Hall–Kier alpha value is -3.28. The van der Waals surface area contributed by atoms with Gasteiger partial charge in [-0.25, -0.2) is 19.6 Å². The van der Waals surface area contributed by atoms with Gasteiger partial charge in [0, 0.05) is 18.0 Å². The van der Waals surface area contributed by atoms with Crippen molar-refractivity contribution in [3.05, 3.63) is 70.3 Å². The van der Waals surface area contributed by atoms with Gasteiger partial charge < -0.3 is 14.4 Å². The third-order valence-electron chi connectivity index (χ3n) is 5.30. The van der Waals surface area contributed by atoms with E-state index in [-0.39, 0.29) is 18.8 Å². The Balaban J connectivity index is 1.50. The smallest absolute Gasteiger partial charge is 0.423 e. The molecular weight excluding hydrogens is 446 g/mol. The fourth-order valence-corrected chi connectivity index (χ4v) is 3.42. The molecule has 1 atom stereocenters. The topological polar surface area (TPSA) is 87.3 Å². The number of aliphatic imine (C=N–C) groups is 1. The highest BCUT2D eigenvalue weighted by molar-refractivity contribution is 5.93. The fourth-order valence-electron chi connectivity index (χ4n) is 3.42. The summed E-state index contributed by atoms with van der Waals surface area (Å²) in [5, 5.41) is 11.5. The normalized spacial score (nSPS) is 16.5. The van der Waals surface area contributed by atoms with E-state index in [1.165, 1.54) is 25.1 Å². The second-order valence-corrected chi connectivity index (χ2v) is 7.44. The molecule has 1 aliphatic rings. The number of fused-ring (bicyclic) bond motifs is 1. The SMILES string of the molecule is CCC(O)(C1=NCN(NCc2ccc3c(-c4ccc(F)cc4)cc(=O)oc3c2)O1)C(F)(F)F. The van der Waals surface area contributed by atoms with E-state index in [4.69, 9.17) is 9.25 Å². The third-order valence-corrected chi connectivity index (χ3v) is 5.30. The molecule has 7 nitrogen and oxygen atoms in total. The van der Waals surface area contributed by atoms with Crippen LogP contribution in [0, 0.1) is 5.82 Å². The average Bonchev–Trinajstić information content (AvgIpc) is 3.25. The van der Waals surface area contributed by atoms with Gasteiger partial charge in [0.1, 0.15) is 18.1 Å². The summed E-state index contributed by atoms with van der Waals surface area (Å²) in [6, 6.07) is 12.1. The second kappa shape index (κ2) is 8.58. The molecule has 0 aliphatic carbocycles. The van der Waals surface area contributed by atoms with Crippen LogP contribution in [0.2, 0.25) is 0 Å². The molecule has 0 fully saturated rings. The number of nitrogens with zero attached hydrogens (tertiary/aromatic N) is 2. The van der Waals surface area contributed by atoms with Gasteiger partial charge in [0.2, 0.25) is 5.60 Å². The molecule has 11 heteroatoms. The average molecular weight is 465 g/mol. The molecular formula is C22H19F4N3O4. The summed E-state index contributed by atoms with van der Waals surface area (Å²) in [6.45, 7) is 1.03. The summed E-state index contributed by atoms with van der Waals surface area (Å²) in [7, 11) is 0. The van der Waals surface area contributed by atoms with Crippen LogP contribution in [0.3, 0.4) is 0 Å². The van der Waals surface area contributed by atoms with E-state index in [1.807, 2.05) is 0 Å². The molecule has 1 aromatic heterocycles. The summed E-state index contributed by atoms with van der Waals surface area (Å²) in [6.07, 6.45) is -5.59. The predicted octanol–water partition coefficient (Wildman–Crippen LogP) is 3.91. The summed E-state index contributed by atoms with van der Waals surface area (Å²) in [4.78, 5) is 20.8. The molecule has 2 heterocycles. The fraction of sp³-hybridized carbons (Fsp3) is 0.273. The lowest BCUT2D eigenvalue weighted by molar-refractivity contribution is -0.243. The minimum atomic E-state index is -4.94. The Morgan fingerprint density at radius 3 is 2.55 bits per heavy atom. The number of hydrazine groups is 1. The number of hydrogen-bond acceptors (Lipinski definition) is 7. The molecule has 0 bridgehead atoms. The molecule has 0 saturated carbocycles.